The highest BCUT2D eigenvalue weighted by Gasteiger charge is 2.23. The predicted molar refractivity (Wildman–Crippen MR) is 103 cm³/mol. The van der Waals surface area contributed by atoms with Crippen LogP contribution in [-0.2, 0) is 14.3 Å². The topological polar surface area (TPSA) is 72.8 Å². The average Bonchev–Trinajstić information content (AvgIpc) is 2.34. The maximum absolute atomic E-state index is 12.0. The van der Waals surface area contributed by atoms with Crippen molar-refractivity contribution in [1.29, 1.82) is 0 Å². The second-order valence-electron chi connectivity index (χ2n) is 6.62. The third-order valence-electron chi connectivity index (χ3n) is 2.78. The predicted octanol–water partition coefficient (Wildman–Crippen LogP) is 5.26. The zero-order valence-corrected chi connectivity index (χ0v) is 17.3. The van der Waals surface area contributed by atoms with Crippen molar-refractivity contribution in [3.63, 3.8) is 0 Å². The largest absolute Gasteiger partial charge is 0.509 e. The Labute approximate surface area is 157 Å². The number of rotatable bonds is 7. The maximum atomic E-state index is 12.0. The molecule has 0 aromatic heterocycles. The van der Waals surface area contributed by atoms with E-state index < -0.39 is 23.8 Å². The number of carboxylic acid groups (broad SMARTS) is 1. The fourth-order valence-corrected chi connectivity index (χ4v) is 2.40. The van der Waals surface area contributed by atoms with Gasteiger partial charge in [0.1, 0.15) is 11.7 Å². The van der Waals surface area contributed by atoms with Crippen molar-refractivity contribution in [2.75, 3.05) is 0 Å². The molecule has 1 N–H and O–H groups in total. The van der Waals surface area contributed by atoms with Crippen LogP contribution in [0.3, 0.4) is 0 Å². The van der Waals surface area contributed by atoms with Crippen LogP contribution in [0.4, 0.5) is 4.79 Å². The van der Waals surface area contributed by atoms with Gasteiger partial charge in [0.15, 0.2) is 0 Å². The first-order valence-corrected chi connectivity index (χ1v) is 8.79. The van der Waals surface area contributed by atoms with E-state index in [1.807, 2.05) is 32.9 Å². The van der Waals surface area contributed by atoms with Crippen LogP contribution in [0.2, 0.25) is 0 Å². The van der Waals surface area contributed by atoms with Crippen LogP contribution in [0.25, 0.3) is 0 Å². The molecule has 0 spiro atoms. The number of hydrogen-bond donors (Lipinski definition) is 1. The first kappa shape index (κ1) is 22.7. The Balaban J connectivity index is 5.15. The van der Waals surface area contributed by atoms with Gasteiger partial charge in [0.05, 0.1) is 0 Å². The molecule has 0 saturated heterocycles. The minimum Gasteiger partial charge on any atom is -0.478 e. The average molecular weight is 450 g/mol. The first-order valence-electron chi connectivity index (χ1n) is 7.71. The molecule has 0 rings (SSSR count). The minimum atomic E-state index is -0.985. The van der Waals surface area contributed by atoms with Crippen LogP contribution in [0, 0.1) is 5.92 Å². The van der Waals surface area contributed by atoms with E-state index in [-0.39, 0.29) is 5.92 Å². The molecule has 6 heteroatoms. The van der Waals surface area contributed by atoms with Gasteiger partial charge in [0.2, 0.25) is 0 Å². The van der Waals surface area contributed by atoms with Crippen molar-refractivity contribution in [2.24, 2.45) is 5.92 Å². The molecule has 24 heavy (non-hydrogen) atoms. The van der Waals surface area contributed by atoms with Crippen molar-refractivity contribution < 1.29 is 24.2 Å². The Bertz CT molecular complexity index is 522. The molecular weight excluding hydrogens is 423 g/mol. The van der Waals surface area contributed by atoms with Crippen LogP contribution in [0.1, 0.15) is 48.0 Å². The van der Waals surface area contributed by atoms with Gasteiger partial charge < -0.3 is 14.6 Å². The molecule has 0 aliphatic rings. The number of hydrogen-bond acceptors (Lipinski definition) is 4. The summed E-state index contributed by atoms with van der Waals surface area (Å²) in [4.78, 5) is 22.5. The van der Waals surface area contributed by atoms with E-state index in [1.165, 1.54) is 0 Å². The highest BCUT2D eigenvalue weighted by molar-refractivity contribution is 14.1. The summed E-state index contributed by atoms with van der Waals surface area (Å²) in [6.45, 7) is 11.1. The summed E-state index contributed by atoms with van der Waals surface area (Å²) < 4.78 is 11.8. The van der Waals surface area contributed by atoms with Gasteiger partial charge in [0, 0.05) is 12.0 Å². The van der Waals surface area contributed by atoms with Gasteiger partial charge in [-0.3, -0.25) is 0 Å². The molecule has 2 atom stereocenters. The molecule has 0 fully saturated rings. The van der Waals surface area contributed by atoms with E-state index in [4.69, 9.17) is 14.6 Å². The van der Waals surface area contributed by atoms with Crippen LogP contribution >= 0.6 is 22.6 Å². The molecule has 5 nitrogen and oxygen atoms in total. The van der Waals surface area contributed by atoms with E-state index in [9.17, 15) is 9.59 Å². The van der Waals surface area contributed by atoms with E-state index in [2.05, 4.69) is 22.6 Å². The number of allylic oxidation sites excluding steroid dienone is 3. The van der Waals surface area contributed by atoms with Crippen LogP contribution in [0.15, 0.2) is 33.5 Å². The standard InChI is InChI=1S/C18H27IO5/c1-12(8-7-9-16(20)21)10-15(13(2)11-14(3)19)23-17(22)24-18(4,5)6/h7,9-11,13,15H,8H2,1-6H3,(H,20,21)/b9-7+,12-10+,14-11-/t13-,15+/m0/s1. The summed E-state index contributed by atoms with van der Waals surface area (Å²) in [6, 6.07) is 0. The molecule has 136 valence electrons. The van der Waals surface area contributed by atoms with Gasteiger partial charge >= 0.3 is 12.1 Å². The van der Waals surface area contributed by atoms with Gasteiger partial charge in [-0.25, -0.2) is 9.59 Å². The maximum Gasteiger partial charge on any atom is 0.509 e. The Morgan fingerprint density at radius 1 is 1.21 bits per heavy atom. The van der Waals surface area contributed by atoms with E-state index in [0.29, 0.717) is 6.42 Å². The summed E-state index contributed by atoms with van der Waals surface area (Å²) in [5, 5.41) is 8.62. The fourth-order valence-electron chi connectivity index (χ4n) is 1.83. The third kappa shape index (κ3) is 12.2. The van der Waals surface area contributed by atoms with E-state index >= 15 is 0 Å². The fraction of sp³-hybridized carbons (Fsp3) is 0.556. The Morgan fingerprint density at radius 3 is 2.25 bits per heavy atom. The van der Waals surface area contributed by atoms with Gasteiger partial charge in [-0.1, -0.05) is 24.6 Å². The number of carbonyl (C=O) groups is 2. The Hall–Kier alpha value is -1.31. The lowest BCUT2D eigenvalue weighted by Gasteiger charge is -2.24. The van der Waals surface area contributed by atoms with E-state index in [0.717, 1.165) is 15.2 Å². The molecule has 0 heterocycles. The Kier molecular flexibility index (Phi) is 9.96. The monoisotopic (exact) mass is 450 g/mol. The molecule has 0 aromatic carbocycles. The molecular formula is C18H27IO5. The van der Waals surface area contributed by atoms with Crippen LogP contribution < -0.4 is 0 Å². The molecule has 0 aliphatic heterocycles. The number of carboxylic acids is 1. The minimum absolute atomic E-state index is 0.0344. The van der Waals surface area contributed by atoms with Gasteiger partial charge in [-0.05, 0) is 73.3 Å². The lowest BCUT2D eigenvalue weighted by molar-refractivity contribution is -0.131. The van der Waals surface area contributed by atoms with Crippen molar-refractivity contribution >= 4 is 34.7 Å². The van der Waals surface area contributed by atoms with Gasteiger partial charge in [-0.2, -0.15) is 0 Å². The number of halogens is 1. The van der Waals surface area contributed by atoms with Crippen molar-refractivity contribution in [2.45, 2.75) is 59.7 Å². The lowest BCUT2D eigenvalue weighted by atomic mass is 10.0. The molecule has 0 unspecified atom stereocenters. The first-order chi connectivity index (χ1) is 10.9. The SMILES string of the molecule is C/C(I)=C/[C@H](C)[C@@H](/C=C(\C)C/C=C/C(=O)O)OC(=O)OC(C)(C)C. The summed E-state index contributed by atoms with van der Waals surface area (Å²) in [6.07, 6.45) is 5.76. The summed E-state index contributed by atoms with van der Waals surface area (Å²) >= 11 is 2.20. The van der Waals surface area contributed by atoms with Gasteiger partial charge in [-0.15, -0.1) is 0 Å². The van der Waals surface area contributed by atoms with Crippen molar-refractivity contribution in [1.82, 2.24) is 0 Å². The number of ether oxygens (including phenoxy) is 2. The number of carbonyl (C=O) groups excluding carboxylic acids is 1. The molecule has 0 saturated carbocycles. The zero-order valence-electron chi connectivity index (χ0n) is 15.1. The van der Waals surface area contributed by atoms with Crippen molar-refractivity contribution in [3.05, 3.63) is 33.5 Å². The van der Waals surface area contributed by atoms with Crippen molar-refractivity contribution in [3.8, 4) is 0 Å². The third-order valence-corrected chi connectivity index (χ3v) is 3.14. The second-order valence-corrected chi connectivity index (χ2v) is 8.32. The molecule has 0 bridgehead atoms. The molecule has 0 amide bonds. The Morgan fingerprint density at radius 2 is 1.79 bits per heavy atom. The quantitative estimate of drug-likeness (QED) is 0.248. The number of aliphatic carboxylic acids is 1. The lowest BCUT2D eigenvalue weighted by Crippen LogP contribution is -2.29. The smallest absolute Gasteiger partial charge is 0.478 e. The molecule has 0 aliphatic carbocycles. The van der Waals surface area contributed by atoms with E-state index in [1.54, 1.807) is 26.8 Å². The highest BCUT2D eigenvalue weighted by atomic mass is 127. The molecule has 0 radical (unpaired) electrons. The van der Waals surface area contributed by atoms with Crippen LogP contribution in [0.5, 0.6) is 0 Å². The molecule has 0 aromatic rings. The summed E-state index contributed by atoms with van der Waals surface area (Å²) in [5.74, 6) is -1.02. The van der Waals surface area contributed by atoms with Crippen LogP contribution in [-0.4, -0.2) is 28.9 Å². The van der Waals surface area contributed by atoms with Gasteiger partial charge in [0.25, 0.3) is 0 Å². The summed E-state index contributed by atoms with van der Waals surface area (Å²) in [5.41, 5.74) is 0.287. The zero-order chi connectivity index (χ0) is 18.9. The highest BCUT2D eigenvalue weighted by Crippen LogP contribution is 2.20. The normalized spacial score (nSPS) is 16.0. The second kappa shape index (κ2) is 10.5. The summed E-state index contributed by atoms with van der Waals surface area (Å²) in [7, 11) is 0.